The van der Waals surface area contributed by atoms with E-state index < -0.39 is 7.12 Å². The fourth-order valence-corrected chi connectivity index (χ4v) is 2.67. The Kier molecular flexibility index (Phi) is 2.82. The van der Waals surface area contributed by atoms with Crippen LogP contribution in [0, 0.1) is 0 Å². The number of carbonyl (C=O) groups is 1. The van der Waals surface area contributed by atoms with E-state index in [2.05, 4.69) is 17.2 Å². The highest BCUT2D eigenvalue weighted by Crippen LogP contribution is 2.37. The van der Waals surface area contributed by atoms with Crippen LogP contribution in [-0.4, -0.2) is 29.2 Å². The zero-order valence-electron chi connectivity index (χ0n) is 12.7. The molecule has 0 aliphatic carbocycles. The van der Waals surface area contributed by atoms with Crippen LogP contribution >= 0.6 is 0 Å². The van der Waals surface area contributed by atoms with E-state index in [0.29, 0.717) is 5.56 Å². The van der Waals surface area contributed by atoms with E-state index in [4.69, 9.17) is 9.31 Å². The van der Waals surface area contributed by atoms with Crippen molar-refractivity contribution in [1.29, 1.82) is 0 Å². The topological polar surface area (TPSA) is 63.4 Å². The van der Waals surface area contributed by atoms with Gasteiger partial charge in [-0.05, 0) is 40.2 Å². The number of fused-ring (bicyclic) bond motifs is 1. The maximum atomic E-state index is 11.9. The molecule has 0 aromatic carbocycles. The van der Waals surface area contributed by atoms with Crippen LogP contribution < -0.4 is 10.9 Å². The zero-order chi connectivity index (χ0) is 14.7. The molecule has 0 radical (unpaired) electrons. The number of amides is 1. The first kappa shape index (κ1) is 13.7. The van der Waals surface area contributed by atoms with Crippen molar-refractivity contribution in [1.82, 2.24) is 10.3 Å². The maximum Gasteiger partial charge on any atom is 0.512 e. The lowest BCUT2D eigenvalue weighted by Gasteiger charge is -2.32. The summed E-state index contributed by atoms with van der Waals surface area (Å²) in [5.74, 6) is -0.0223. The minimum absolute atomic E-state index is 0.0223. The minimum Gasteiger partial charge on any atom is -0.398 e. The molecule has 6 heteroatoms. The number of hydrogen-bond acceptors (Lipinski definition) is 3. The summed E-state index contributed by atoms with van der Waals surface area (Å²) in [6.07, 6.45) is 0.863. The summed E-state index contributed by atoms with van der Waals surface area (Å²) in [7, 11) is -0.448. The van der Waals surface area contributed by atoms with Crippen molar-refractivity contribution in [2.24, 2.45) is 0 Å². The minimum atomic E-state index is -0.448. The Morgan fingerprint density at radius 1 is 1.25 bits per heavy atom. The summed E-state index contributed by atoms with van der Waals surface area (Å²) in [6.45, 7) is 10.1. The number of carbonyl (C=O) groups excluding carboxylic acids is 1. The second-order valence-electron chi connectivity index (χ2n) is 6.57. The third-order valence-corrected chi connectivity index (χ3v) is 4.68. The van der Waals surface area contributed by atoms with Gasteiger partial charge in [0.05, 0.1) is 28.5 Å². The average Bonchev–Trinajstić information content (AvgIpc) is 2.94. The largest absolute Gasteiger partial charge is 0.512 e. The highest BCUT2D eigenvalue weighted by atomic mass is 16.7. The molecule has 3 rings (SSSR count). The molecule has 2 aliphatic heterocycles. The van der Waals surface area contributed by atoms with E-state index in [1.807, 2.05) is 33.8 Å². The van der Waals surface area contributed by atoms with E-state index in [1.54, 1.807) is 0 Å². The molecule has 0 saturated carbocycles. The first-order chi connectivity index (χ1) is 9.25. The highest BCUT2D eigenvalue weighted by Gasteiger charge is 2.52. The molecule has 1 amide bonds. The predicted molar refractivity (Wildman–Crippen MR) is 77.0 cm³/mol. The van der Waals surface area contributed by atoms with Gasteiger partial charge in [0.25, 0.3) is 5.91 Å². The lowest BCUT2D eigenvalue weighted by atomic mass is 9.85. The molecule has 1 aromatic heterocycles. The van der Waals surface area contributed by atoms with E-state index in [1.165, 1.54) is 0 Å². The van der Waals surface area contributed by atoms with Gasteiger partial charge in [0.1, 0.15) is 0 Å². The van der Waals surface area contributed by atoms with Gasteiger partial charge in [0.2, 0.25) is 0 Å². The molecule has 0 bridgehead atoms. The fraction of sp³-hybridized carbons (Fsp3) is 0.643. The molecule has 108 valence electrons. The van der Waals surface area contributed by atoms with Gasteiger partial charge in [-0.2, -0.15) is 0 Å². The van der Waals surface area contributed by atoms with Gasteiger partial charge >= 0.3 is 7.12 Å². The highest BCUT2D eigenvalue weighted by molar-refractivity contribution is 6.61. The van der Waals surface area contributed by atoms with Crippen molar-refractivity contribution in [3.05, 3.63) is 17.3 Å². The van der Waals surface area contributed by atoms with Crippen molar-refractivity contribution in [3.63, 3.8) is 0 Å². The maximum absolute atomic E-state index is 11.9. The lowest BCUT2D eigenvalue weighted by Crippen LogP contribution is -2.41. The van der Waals surface area contributed by atoms with E-state index in [0.717, 1.165) is 17.7 Å². The number of nitrogens with one attached hydrogen (secondary N) is 2. The monoisotopic (exact) mass is 276 g/mol. The first-order valence-electron chi connectivity index (χ1n) is 7.14. The van der Waals surface area contributed by atoms with Crippen molar-refractivity contribution in [2.45, 2.75) is 58.3 Å². The van der Waals surface area contributed by atoms with Gasteiger partial charge in [-0.15, -0.1) is 0 Å². The molecular formula is C14H21BN2O3. The molecule has 2 aliphatic rings. The summed E-state index contributed by atoms with van der Waals surface area (Å²) in [4.78, 5) is 15.2. The Bertz CT molecular complexity index is 549. The molecule has 0 spiro atoms. The second kappa shape index (κ2) is 4.12. The Balaban J connectivity index is 1.91. The number of aromatic amines is 1. The molecular weight excluding hydrogens is 255 g/mol. The normalized spacial score (nSPS) is 26.8. The third kappa shape index (κ3) is 1.82. The van der Waals surface area contributed by atoms with Crippen molar-refractivity contribution < 1.29 is 14.1 Å². The van der Waals surface area contributed by atoms with Crippen LogP contribution in [0.2, 0.25) is 0 Å². The Labute approximate surface area is 119 Å². The lowest BCUT2D eigenvalue weighted by molar-refractivity contribution is 0.00578. The number of hydrogen-bond donors (Lipinski definition) is 2. The second-order valence-corrected chi connectivity index (χ2v) is 6.57. The number of aromatic nitrogens is 1. The van der Waals surface area contributed by atoms with Gasteiger partial charge in [-0.3, -0.25) is 4.79 Å². The summed E-state index contributed by atoms with van der Waals surface area (Å²) < 4.78 is 12.0. The zero-order valence-corrected chi connectivity index (χ0v) is 12.7. The van der Waals surface area contributed by atoms with Crippen molar-refractivity contribution >= 4 is 18.6 Å². The summed E-state index contributed by atoms with van der Waals surface area (Å²) in [5, 5.41) is 2.95. The summed E-state index contributed by atoms with van der Waals surface area (Å²) in [5.41, 5.74) is 1.73. The molecule has 1 saturated heterocycles. The molecule has 0 unspecified atom stereocenters. The Hall–Kier alpha value is -1.27. The molecule has 2 N–H and O–H groups in total. The predicted octanol–water partition coefficient (Wildman–Crippen LogP) is 1.51. The average molecular weight is 276 g/mol. The summed E-state index contributed by atoms with van der Waals surface area (Å²) >= 11 is 0. The number of rotatable bonds is 2. The van der Waals surface area contributed by atoms with Gasteiger partial charge in [0.15, 0.2) is 0 Å². The SMILES string of the molecule is CC[C@H]1NC(=O)c2cc(B3OC(C)(C)C(C)(C)O3)[nH]c21. The molecule has 3 heterocycles. The third-order valence-electron chi connectivity index (χ3n) is 4.68. The molecule has 1 aromatic rings. The quantitative estimate of drug-likeness (QED) is 0.805. The van der Waals surface area contributed by atoms with Crippen LogP contribution in [0.15, 0.2) is 6.07 Å². The van der Waals surface area contributed by atoms with E-state index in [9.17, 15) is 4.79 Å². The van der Waals surface area contributed by atoms with Crippen LogP contribution in [0.3, 0.4) is 0 Å². The van der Waals surface area contributed by atoms with Crippen molar-refractivity contribution in [2.75, 3.05) is 0 Å². The molecule has 1 fully saturated rings. The molecule has 1 atom stereocenters. The van der Waals surface area contributed by atoms with Gasteiger partial charge in [0, 0.05) is 5.59 Å². The smallest absolute Gasteiger partial charge is 0.398 e. The Morgan fingerprint density at radius 3 is 2.40 bits per heavy atom. The van der Waals surface area contributed by atoms with E-state index >= 15 is 0 Å². The molecule has 5 nitrogen and oxygen atoms in total. The summed E-state index contributed by atoms with van der Waals surface area (Å²) in [6, 6.07) is 1.91. The van der Waals surface area contributed by atoms with Crippen LogP contribution in [-0.2, 0) is 9.31 Å². The van der Waals surface area contributed by atoms with Crippen LogP contribution in [0.5, 0.6) is 0 Å². The fourth-order valence-electron chi connectivity index (χ4n) is 2.67. The molecule has 20 heavy (non-hydrogen) atoms. The van der Waals surface area contributed by atoms with Crippen molar-refractivity contribution in [3.8, 4) is 0 Å². The van der Waals surface area contributed by atoms with Gasteiger partial charge < -0.3 is 19.6 Å². The van der Waals surface area contributed by atoms with Crippen LogP contribution in [0.1, 0.15) is 63.1 Å². The number of H-pyrrole nitrogens is 1. The Morgan fingerprint density at radius 2 is 1.85 bits per heavy atom. The first-order valence-corrected chi connectivity index (χ1v) is 7.14. The van der Waals surface area contributed by atoms with Gasteiger partial charge in [-0.1, -0.05) is 6.92 Å². The van der Waals surface area contributed by atoms with Crippen LogP contribution in [0.25, 0.3) is 0 Å². The van der Waals surface area contributed by atoms with Crippen LogP contribution in [0.4, 0.5) is 0 Å². The van der Waals surface area contributed by atoms with E-state index in [-0.39, 0.29) is 23.2 Å². The van der Waals surface area contributed by atoms with Gasteiger partial charge in [-0.25, -0.2) is 0 Å². The standard InChI is InChI=1S/C14H21BN2O3/c1-6-9-11-8(12(18)16-9)7-10(17-11)15-19-13(2,3)14(4,5)20-15/h7,9,17H,6H2,1-5H3,(H,16,18)/t9-/m1/s1.